The molecule has 0 spiro atoms. The van der Waals surface area contributed by atoms with Crippen LogP contribution in [0.25, 0.3) is 0 Å². The number of nitrogens with two attached hydrogens (primary N) is 1. The maximum atomic E-state index is 8.81. The molecule has 3 N–H and O–H groups in total. The number of aromatic nitrogens is 2. The molecule has 0 amide bonds. The van der Waals surface area contributed by atoms with Gasteiger partial charge in [0, 0.05) is 25.5 Å². The predicted octanol–water partition coefficient (Wildman–Crippen LogP) is 1.59. The van der Waals surface area contributed by atoms with Crippen LogP contribution in [0.2, 0.25) is 0 Å². The quantitative estimate of drug-likeness (QED) is 0.374. The molecular weight excluding hydrogens is 242 g/mol. The van der Waals surface area contributed by atoms with E-state index in [4.69, 9.17) is 10.9 Å². The van der Waals surface area contributed by atoms with E-state index in [1.54, 1.807) is 12.4 Å². The molecule has 0 bridgehead atoms. The molecule has 1 aliphatic rings. The van der Waals surface area contributed by atoms with Gasteiger partial charge in [-0.3, -0.25) is 0 Å². The molecule has 1 aliphatic heterocycles. The number of piperidine rings is 1. The molecule has 0 atom stereocenters. The van der Waals surface area contributed by atoms with Gasteiger partial charge in [-0.1, -0.05) is 25.4 Å². The first-order chi connectivity index (χ1) is 9.09. The second-order valence-electron chi connectivity index (χ2n) is 5.37. The van der Waals surface area contributed by atoms with E-state index in [1.807, 2.05) is 0 Å². The van der Waals surface area contributed by atoms with Crippen molar-refractivity contribution < 1.29 is 5.21 Å². The third kappa shape index (κ3) is 2.77. The summed E-state index contributed by atoms with van der Waals surface area (Å²) in [6.07, 6.45) is 6.62. The van der Waals surface area contributed by atoms with Crippen LogP contribution >= 0.6 is 0 Å². The molecular formula is C13H21N5O. The van der Waals surface area contributed by atoms with E-state index >= 15 is 0 Å². The smallest absolute Gasteiger partial charge is 0.192 e. The average molecular weight is 263 g/mol. The highest BCUT2D eigenvalue weighted by molar-refractivity contribution is 5.99. The number of amidine groups is 1. The van der Waals surface area contributed by atoms with Crippen molar-refractivity contribution >= 4 is 11.7 Å². The first-order valence-electron chi connectivity index (χ1n) is 6.63. The zero-order valence-electron chi connectivity index (χ0n) is 11.5. The van der Waals surface area contributed by atoms with Crippen LogP contribution in [0.4, 0.5) is 5.82 Å². The van der Waals surface area contributed by atoms with Crippen molar-refractivity contribution in [2.45, 2.75) is 33.1 Å². The van der Waals surface area contributed by atoms with Crippen molar-refractivity contribution in [3.8, 4) is 0 Å². The number of nitrogens with zero attached hydrogens (tertiary/aromatic N) is 4. The zero-order valence-corrected chi connectivity index (χ0v) is 11.5. The van der Waals surface area contributed by atoms with Crippen molar-refractivity contribution in [3.05, 3.63) is 18.1 Å². The molecule has 0 radical (unpaired) electrons. The number of hydrogen-bond acceptors (Lipinski definition) is 5. The van der Waals surface area contributed by atoms with Gasteiger partial charge in [-0.15, -0.1) is 0 Å². The van der Waals surface area contributed by atoms with Crippen LogP contribution in [-0.2, 0) is 0 Å². The Balaban J connectivity index is 2.20. The Morgan fingerprint density at radius 2 is 2.05 bits per heavy atom. The number of hydrogen-bond donors (Lipinski definition) is 2. The third-order valence-electron chi connectivity index (χ3n) is 4.15. The van der Waals surface area contributed by atoms with Crippen LogP contribution in [0, 0.1) is 5.41 Å². The molecule has 1 aromatic rings. The lowest BCUT2D eigenvalue weighted by Gasteiger charge is -2.39. The highest BCUT2D eigenvalue weighted by atomic mass is 16.4. The summed E-state index contributed by atoms with van der Waals surface area (Å²) in [6.45, 7) is 6.41. The normalized spacial score (nSPS) is 19.5. The van der Waals surface area contributed by atoms with E-state index in [-0.39, 0.29) is 5.84 Å². The molecule has 1 aromatic heterocycles. The molecule has 1 saturated heterocycles. The molecule has 0 aliphatic carbocycles. The Labute approximate surface area is 113 Å². The third-order valence-corrected chi connectivity index (χ3v) is 4.15. The van der Waals surface area contributed by atoms with Gasteiger partial charge in [-0.2, -0.15) is 0 Å². The summed E-state index contributed by atoms with van der Waals surface area (Å²) in [5.41, 5.74) is 6.51. The fourth-order valence-corrected chi connectivity index (χ4v) is 2.40. The van der Waals surface area contributed by atoms with Gasteiger partial charge in [0.2, 0.25) is 0 Å². The number of oxime groups is 1. The standard InChI is InChI=1S/C13H21N5O/c1-3-13(2)4-8-18(9-5-13)12-10(11(14)17-19)15-6-7-16-12/h6-7,19H,3-5,8-9H2,1-2H3,(H2,14,17). The molecule has 6 heteroatoms. The van der Waals surface area contributed by atoms with E-state index < -0.39 is 0 Å². The largest absolute Gasteiger partial charge is 0.409 e. The van der Waals surface area contributed by atoms with Gasteiger partial charge in [0.25, 0.3) is 0 Å². The molecule has 0 aromatic carbocycles. The predicted molar refractivity (Wildman–Crippen MR) is 74.4 cm³/mol. The van der Waals surface area contributed by atoms with E-state index in [0.29, 0.717) is 16.9 Å². The topological polar surface area (TPSA) is 87.6 Å². The Morgan fingerprint density at radius 1 is 1.42 bits per heavy atom. The lowest BCUT2D eigenvalue weighted by Crippen LogP contribution is -2.40. The maximum Gasteiger partial charge on any atom is 0.192 e. The second kappa shape index (κ2) is 5.42. The fraction of sp³-hybridized carbons (Fsp3) is 0.615. The van der Waals surface area contributed by atoms with Crippen molar-refractivity contribution in [2.24, 2.45) is 16.3 Å². The van der Waals surface area contributed by atoms with E-state index in [2.05, 4.69) is 33.9 Å². The van der Waals surface area contributed by atoms with Crippen LogP contribution in [0.3, 0.4) is 0 Å². The van der Waals surface area contributed by atoms with Gasteiger partial charge < -0.3 is 15.8 Å². The molecule has 0 unspecified atom stereocenters. The Hall–Kier alpha value is -1.85. The molecule has 1 fully saturated rings. The average Bonchev–Trinajstić information content (AvgIpc) is 2.47. The summed E-state index contributed by atoms with van der Waals surface area (Å²) in [5, 5.41) is 11.8. The van der Waals surface area contributed by atoms with E-state index in [9.17, 15) is 0 Å². The Morgan fingerprint density at radius 3 is 2.63 bits per heavy atom. The first kappa shape index (κ1) is 13.6. The number of rotatable bonds is 3. The van der Waals surface area contributed by atoms with Gasteiger partial charge in [-0.05, 0) is 18.3 Å². The fourth-order valence-electron chi connectivity index (χ4n) is 2.40. The van der Waals surface area contributed by atoms with E-state index in [1.165, 1.54) is 6.42 Å². The Bertz CT molecular complexity index is 466. The minimum absolute atomic E-state index is 0.00641. The van der Waals surface area contributed by atoms with Crippen molar-refractivity contribution in [1.82, 2.24) is 9.97 Å². The second-order valence-corrected chi connectivity index (χ2v) is 5.37. The lowest BCUT2D eigenvalue weighted by atomic mass is 9.78. The summed E-state index contributed by atoms with van der Waals surface area (Å²) >= 11 is 0. The zero-order chi connectivity index (χ0) is 13.9. The monoisotopic (exact) mass is 263 g/mol. The van der Waals surface area contributed by atoms with Crippen LogP contribution in [-0.4, -0.2) is 34.1 Å². The summed E-state index contributed by atoms with van der Waals surface area (Å²) in [5.74, 6) is 0.711. The highest BCUT2D eigenvalue weighted by Crippen LogP contribution is 2.35. The van der Waals surface area contributed by atoms with Crippen molar-refractivity contribution in [1.29, 1.82) is 0 Å². The lowest BCUT2D eigenvalue weighted by molar-refractivity contribution is 0.237. The van der Waals surface area contributed by atoms with Crippen molar-refractivity contribution in [2.75, 3.05) is 18.0 Å². The molecule has 6 nitrogen and oxygen atoms in total. The van der Waals surface area contributed by atoms with Crippen LogP contribution in [0.5, 0.6) is 0 Å². The number of anilines is 1. The SMILES string of the molecule is CCC1(C)CCN(c2nccnc2C(N)=NO)CC1. The van der Waals surface area contributed by atoms with Gasteiger partial charge in [0.15, 0.2) is 17.3 Å². The van der Waals surface area contributed by atoms with Gasteiger partial charge in [0.1, 0.15) is 0 Å². The van der Waals surface area contributed by atoms with Crippen molar-refractivity contribution in [3.63, 3.8) is 0 Å². The summed E-state index contributed by atoms with van der Waals surface area (Å²) in [7, 11) is 0. The molecule has 0 saturated carbocycles. The Kier molecular flexibility index (Phi) is 3.87. The van der Waals surface area contributed by atoms with Crippen LogP contribution in [0.15, 0.2) is 17.5 Å². The summed E-state index contributed by atoms with van der Waals surface area (Å²) < 4.78 is 0. The summed E-state index contributed by atoms with van der Waals surface area (Å²) in [4.78, 5) is 10.7. The van der Waals surface area contributed by atoms with Gasteiger partial charge in [0.05, 0.1) is 0 Å². The molecule has 104 valence electrons. The maximum absolute atomic E-state index is 8.81. The molecule has 2 heterocycles. The van der Waals surface area contributed by atoms with Crippen LogP contribution in [0.1, 0.15) is 38.8 Å². The first-order valence-corrected chi connectivity index (χ1v) is 6.63. The molecule has 2 rings (SSSR count). The van der Waals surface area contributed by atoms with Gasteiger partial charge in [-0.25, -0.2) is 9.97 Å². The van der Waals surface area contributed by atoms with E-state index in [0.717, 1.165) is 25.9 Å². The molecule has 19 heavy (non-hydrogen) atoms. The highest BCUT2D eigenvalue weighted by Gasteiger charge is 2.30. The van der Waals surface area contributed by atoms with Crippen LogP contribution < -0.4 is 10.6 Å². The van der Waals surface area contributed by atoms with Gasteiger partial charge >= 0.3 is 0 Å². The minimum atomic E-state index is 0.00641. The minimum Gasteiger partial charge on any atom is -0.409 e. The summed E-state index contributed by atoms with van der Waals surface area (Å²) in [6, 6.07) is 0.